The Kier molecular flexibility index (Phi) is 9.97. The number of guanidine groups is 1. The van der Waals surface area contributed by atoms with Crippen LogP contribution in [-0.2, 0) is 9.59 Å². The van der Waals surface area contributed by atoms with Crippen LogP contribution in [0.2, 0.25) is 0 Å². The summed E-state index contributed by atoms with van der Waals surface area (Å²) in [5, 5.41) is 6.29. The van der Waals surface area contributed by atoms with Crippen molar-refractivity contribution in [3.8, 4) is 0 Å². The van der Waals surface area contributed by atoms with Gasteiger partial charge in [0.1, 0.15) is 6.54 Å². The number of piperazine rings is 1. The van der Waals surface area contributed by atoms with Crippen molar-refractivity contribution in [1.29, 1.82) is 0 Å². The standard InChI is InChI=1S/C22H36N6O2/c1-4-23-22(24-13-12-20(29)26(5-2)6-3)25-18-21(30)28-16-14-27(15-17-28)19-10-8-7-9-11-19/h7-11H,4-6,12-18H2,1-3H3,(H2,23,24,25). The molecule has 1 heterocycles. The predicted molar refractivity (Wildman–Crippen MR) is 122 cm³/mol. The van der Waals surface area contributed by atoms with Gasteiger partial charge in [0.15, 0.2) is 5.96 Å². The molecule has 2 rings (SSSR count). The van der Waals surface area contributed by atoms with E-state index in [1.165, 1.54) is 5.69 Å². The molecule has 1 aliphatic heterocycles. The molecule has 1 saturated heterocycles. The fourth-order valence-corrected chi connectivity index (χ4v) is 3.46. The van der Waals surface area contributed by atoms with E-state index in [1.807, 2.05) is 48.8 Å². The normalized spacial score (nSPS) is 14.4. The van der Waals surface area contributed by atoms with Gasteiger partial charge in [0.05, 0.1) is 0 Å². The van der Waals surface area contributed by atoms with Crippen LogP contribution < -0.4 is 15.5 Å². The van der Waals surface area contributed by atoms with E-state index in [1.54, 1.807) is 0 Å². The molecule has 0 unspecified atom stereocenters. The van der Waals surface area contributed by atoms with E-state index < -0.39 is 0 Å². The molecule has 0 aliphatic carbocycles. The molecular weight excluding hydrogens is 380 g/mol. The Morgan fingerprint density at radius 2 is 1.67 bits per heavy atom. The maximum Gasteiger partial charge on any atom is 0.244 e. The van der Waals surface area contributed by atoms with Crippen molar-refractivity contribution in [2.45, 2.75) is 27.2 Å². The summed E-state index contributed by atoms with van der Waals surface area (Å²) in [6.07, 6.45) is 0.404. The van der Waals surface area contributed by atoms with Gasteiger partial charge in [-0.25, -0.2) is 4.99 Å². The van der Waals surface area contributed by atoms with Crippen molar-refractivity contribution in [2.24, 2.45) is 4.99 Å². The number of carbonyl (C=O) groups excluding carboxylic acids is 2. The predicted octanol–water partition coefficient (Wildman–Crippen LogP) is 1.15. The zero-order chi connectivity index (χ0) is 21.8. The minimum Gasteiger partial charge on any atom is -0.368 e. The third kappa shape index (κ3) is 7.24. The summed E-state index contributed by atoms with van der Waals surface area (Å²) in [5.74, 6) is 0.718. The lowest BCUT2D eigenvalue weighted by Gasteiger charge is -2.36. The second kappa shape index (κ2) is 12.7. The van der Waals surface area contributed by atoms with Gasteiger partial charge in [0.25, 0.3) is 0 Å². The van der Waals surface area contributed by atoms with Crippen LogP contribution in [0.5, 0.6) is 0 Å². The maximum atomic E-state index is 12.6. The number of hydrogen-bond donors (Lipinski definition) is 2. The van der Waals surface area contributed by atoms with Crippen molar-refractivity contribution < 1.29 is 9.59 Å². The van der Waals surface area contributed by atoms with Gasteiger partial charge in [-0.1, -0.05) is 18.2 Å². The lowest BCUT2D eigenvalue weighted by molar-refractivity contribution is -0.131. The van der Waals surface area contributed by atoms with Crippen molar-refractivity contribution >= 4 is 23.5 Å². The highest BCUT2D eigenvalue weighted by Crippen LogP contribution is 2.15. The molecule has 1 aliphatic rings. The number of anilines is 1. The number of para-hydroxylation sites is 1. The minimum atomic E-state index is 0.0270. The molecule has 0 aromatic heterocycles. The third-order valence-corrected chi connectivity index (χ3v) is 5.22. The molecule has 8 heteroatoms. The van der Waals surface area contributed by atoms with Crippen LogP contribution in [0.1, 0.15) is 27.2 Å². The van der Waals surface area contributed by atoms with E-state index >= 15 is 0 Å². The summed E-state index contributed by atoms with van der Waals surface area (Å²) in [6, 6.07) is 10.3. The number of nitrogens with one attached hydrogen (secondary N) is 2. The van der Waals surface area contributed by atoms with Crippen LogP contribution in [0.15, 0.2) is 35.3 Å². The molecule has 0 bridgehead atoms. The molecule has 1 fully saturated rings. The Bertz CT molecular complexity index is 682. The second-order valence-corrected chi connectivity index (χ2v) is 7.14. The smallest absolute Gasteiger partial charge is 0.244 e. The molecule has 0 atom stereocenters. The quantitative estimate of drug-likeness (QED) is 0.466. The van der Waals surface area contributed by atoms with Gasteiger partial charge >= 0.3 is 0 Å². The molecule has 0 radical (unpaired) electrons. The highest BCUT2D eigenvalue weighted by Gasteiger charge is 2.21. The number of amides is 2. The molecule has 0 saturated carbocycles. The molecule has 166 valence electrons. The van der Waals surface area contributed by atoms with Crippen LogP contribution in [0.25, 0.3) is 0 Å². The van der Waals surface area contributed by atoms with Crippen LogP contribution in [0, 0.1) is 0 Å². The Labute approximate surface area is 180 Å². The topological polar surface area (TPSA) is 80.3 Å². The molecule has 1 aromatic carbocycles. The van der Waals surface area contributed by atoms with Crippen LogP contribution in [0.3, 0.4) is 0 Å². The first-order chi connectivity index (χ1) is 14.6. The number of rotatable bonds is 9. The van der Waals surface area contributed by atoms with Gasteiger partial charge in [-0.3, -0.25) is 9.59 Å². The molecule has 2 N–H and O–H groups in total. The van der Waals surface area contributed by atoms with Gasteiger partial charge in [0.2, 0.25) is 11.8 Å². The number of carbonyl (C=O) groups is 2. The van der Waals surface area contributed by atoms with Crippen LogP contribution in [-0.4, -0.2) is 86.5 Å². The molecule has 8 nitrogen and oxygen atoms in total. The lowest BCUT2D eigenvalue weighted by Crippen LogP contribution is -2.49. The van der Waals surface area contributed by atoms with Crippen LogP contribution >= 0.6 is 0 Å². The number of hydrogen-bond acceptors (Lipinski definition) is 4. The zero-order valence-corrected chi connectivity index (χ0v) is 18.6. The Morgan fingerprint density at radius 1 is 1.00 bits per heavy atom. The fourth-order valence-electron chi connectivity index (χ4n) is 3.46. The van der Waals surface area contributed by atoms with Crippen molar-refractivity contribution in [3.63, 3.8) is 0 Å². The molecule has 30 heavy (non-hydrogen) atoms. The van der Waals surface area contributed by atoms with E-state index in [4.69, 9.17) is 0 Å². The SMILES string of the molecule is CCNC(=NCC(=O)N1CCN(c2ccccc2)CC1)NCCC(=O)N(CC)CC. The zero-order valence-electron chi connectivity index (χ0n) is 18.6. The summed E-state index contributed by atoms with van der Waals surface area (Å²) in [4.78, 5) is 35.1. The van der Waals surface area contributed by atoms with E-state index in [-0.39, 0.29) is 18.4 Å². The van der Waals surface area contributed by atoms with Gasteiger partial charge in [0, 0.05) is 64.5 Å². The van der Waals surface area contributed by atoms with Crippen molar-refractivity contribution in [2.75, 3.05) is 63.8 Å². The van der Waals surface area contributed by atoms with Gasteiger partial charge < -0.3 is 25.3 Å². The number of benzene rings is 1. The average molecular weight is 417 g/mol. The molecule has 1 aromatic rings. The maximum absolute atomic E-state index is 12.6. The average Bonchev–Trinajstić information content (AvgIpc) is 2.78. The van der Waals surface area contributed by atoms with E-state index in [9.17, 15) is 9.59 Å². The van der Waals surface area contributed by atoms with E-state index in [0.717, 1.165) is 26.2 Å². The van der Waals surface area contributed by atoms with Gasteiger partial charge in [-0.2, -0.15) is 0 Å². The summed E-state index contributed by atoms with van der Waals surface area (Å²) < 4.78 is 0. The number of nitrogens with zero attached hydrogens (tertiary/aromatic N) is 4. The summed E-state index contributed by atoms with van der Waals surface area (Å²) in [5.41, 5.74) is 1.19. The highest BCUT2D eigenvalue weighted by molar-refractivity contribution is 5.85. The van der Waals surface area contributed by atoms with Gasteiger partial charge in [-0.05, 0) is 32.9 Å². The van der Waals surface area contributed by atoms with Gasteiger partial charge in [-0.15, -0.1) is 0 Å². The summed E-state index contributed by atoms with van der Waals surface area (Å²) >= 11 is 0. The van der Waals surface area contributed by atoms with Crippen molar-refractivity contribution in [1.82, 2.24) is 20.4 Å². The summed E-state index contributed by atoms with van der Waals surface area (Å²) in [6.45, 7) is 11.7. The molecular formula is C22H36N6O2. The van der Waals surface area contributed by atoms with Crippen molar-refractivity contribution in [3.05, 3.63) is 30.3 Å². The molecule has 2 amide bonds. The second-order valence-electron chi connectivity index (χ2n) is 7.14. The number of aliphatic imine (C=N–C) groups is 1. The first-order valence-electron chi connectivity index (χ1n) is 11.0. The summed E-state index contributed by atoms with van der Waals surface area (Å²) in [7, 11) is 0. The monoisotopic (exact) mass is 416 g/mol. The van der Waals surface area contributed by atoms with E-state index in [2.05, 4.69) is 32.7 Å². The van der Waals surface area contributed by atoms with E-state index in [0.29, 0.717) is 38.6 Å². The highest BCUT2D eigenvalue weighted by atomic mass is 16.2. The minimum absolute atomic E-state index is 0.0270. The third-order valence-electron chi connectivity index (χ3n) is 5.22. The fraction of sp³-hybridized carbons (Fsp3) is 0.591. The first kappa shape index (κ1) is 23.5. The molecule has 0 spiro atoms. The lowest BCUT2D eigenvalue weighted by atomic mass is 10.2. The Morgan fingerprint density at radius 3 is 2.27 bits per heavy atom. The Balaban J connectivity index is 1.78. The van der Waals surface area contributed by atoms with Crippen LogP contribution in [0.4, 0.5) is 5.69 Å². The first-order valence-corrected chi connectivity index (χ1v) is 11.0. The largest absolute Gasteiger partial charge is 0.368 e. The Hall–Kier alpha value is -2.77.